The number of nitrogens with one attached hydrogen (secondary N) is 1. The lowest BCUT2D eigenvalue weighted by molar-refractivity contribution is 0.225. The number of aryl methyl sites for hydroxylation is 1. The molecule has 0 unspecified atom stereocenters. The third kappa shape index (κ3) is 3.00. The van der Waals surface area contributed by atoms with Gasteiger partial charge in [-0.1, -0.05) is 16.8 Å². The molecule has 20 heavy (non-hydrogen) atoms. The molecule has 2 heterocycles. The Kier molecular flexibility index (Phi) is 4.00. The number of piperazine rings is 1. The zero-order chi connectivity index (χ0) is 13.9. The molecule has 0 saturated carbocycles. The highest BCUT2D eigenvalue weighted by atomic mass is 35.5. The number of aromatic nitrogens is 2. The van der Waals surface area contributed by atoms with Crippen molar-refractivity contribution in [3.8, 4) is 11.5 Å². The summed E-state index contributed by atoms with van der Waals surface area (Å²) in [5.74, 6) is 1.28. The van der Waals surface area contributed by atoms with Crippen LogP contribution in [0.5, 0.6) is 0 Å². The standard InChI is InChI=1S/C14H17ClN4O/c1-10-8-11(2-3-12(10)15)14-17-13(18-20-14)9-19-6-4-16-5-7-19/h2-3,8,16H,4-7,9H2,1H3. The predicted octanol–water partition coefficient (Wildman–Crippen LogP) is 2.10. The Morgan fingerprint density at radius 1 is 1.35 bits per heavy atom. The van der Waals surface area contributed by atoms with E-state index in [1.165, 1.54) is 0 Å². The Bertz CT molecular complexity index is 593. The molecule has 6 heteroatoms. The van der Waals surface area contributed by atoms with Gasteiger partial charge in [-0.2, -0.15) is 4.98 Å². The van der Waals surface area contributed by atoms with Crippen molar-refractivity contribution in [2.45, 2.75) is 13.5 Å². The van der Waals surface area contributed by atoms with E-state index in [-0.39, 0.29) is 0 Å². The largest absolute Gasteiger partial charge is 0.334 e. The lowest BCUT2D eigenvalue weighted by atomic mass is 10.1. The maximum Gasteiger partial charge on any atom is 0.257 e. The molecule has 0 aliphatic carbocycles. The normalized spacial score (nSPS) is 16.5. The van der Waals surface area contributed by atoms with Crippen molar-refractivity contribution in [2.75, 3.05) is 26.2 Å². The van der Waals surface area contributed by atoms with E-state index in [0.29, 0.717) is 5.89 Å². The molecule has 106 valence electrons. The third-order valence-corrected chi connectivity index (χ3v) is 3.87. The molecule has 1 aliphatic heterocycles. The van der Waals surface area contributed by atoms with E-state index in [4.69, 9.17) is 16.1 Å². The fourth-order valence-corrected chi connectivity index (χ4v) is 2.40. The smallest absolute Gasteiger partial charge is 0.257 e. The number of benzene rings is 1. The van der Waals surface area contributed by atoms with Crippen LogP contribution in [-0.4, -0.2) is 41.2 Å². The van der Waals surface area contributed by atoms with Gasteiger partial charge < -0.3 is 9.84 Å². The summed E-state index contributed by atoms with van der Waals surface area (Å²) in [5, 5.41) is 8.13. The molecule has 2 aromatic rings. The molecule has 1 saturated heterocycles. The Hall–Kier alpha value is -1.43. The minimum absolute atomic E-state index is 0.551. The quantitative estimate of drug-likeness (QED) is 0.939. The van der Waals surface area contributed by atoms with E-state index in [1.54, 1.807) is 0 Å². The van der Waals surface area contributed by atoms with E-state index in [9.17, 15) is 0 Å². The van der Waals surface area contributed by atoms with Gasteiger partial charge in [-0.3, -0.25) is 4.90 Å². The zero-order valence-corrected chi connectivity index (χ0v) is 12.2. The third-order valence-electron chi connectivity index (χ3n) is 3.45. The van der Waals surface area contributed by atoms with Crippen molar-refractivity contribution in [3.05, 3.63) is 34.6 Å². The Balaban J connectivity index is 1.73. The molecule has 0 spiro atoms. The van der Waals surface area contributed by atoms with E-state index in [1.807, 2.05) is 25.1 Å². The van der Waals surface area contributed by atoms with Gasteiger partial charge in [-0.25, -0.2) is 0 Å². The van der Waals surface area contributed by atoms with Crippen LogP contribution in [0.1, 0.15) is 11.4 Å². The summed E-state index contributed by atoms with van der Waals surface area (Å²) in [5.41, 5.74) is 1.91. The lowest BCUT2D eigenvalue weighted by Crippen LogP contribution is -2.43. The van der Waals surface area contributed by atoms with Crippen molar-refractivity contribution < 1.29 is 4.52 Å². The SMILES string of the molecule is Cc1cc(-c2nc(CN3CCNCC3)no2)ccc1Cl. The fraction of sp³-hybridized carbons (Fsp3) is 0.429. The molecule has 3 rings (SSSR count). The van der Waals surface area contributed by atoms with Gasteiger partial charge in [-0.15, -0.1) is 0 Å². The van der Waals surface area contributed by atoms with Crippen LogP contribution in [-0.2, 0) is 6.54 Å². The molecule has 1 aromatic carbocycles. The second-order valence-corrected chi connectivity index (χ2v) is 5.41. The first kappa shape index (κ1) is 13.5. The highest BCUT2D eigenvalue weighted by Gasteiger charge is 2.15. The summed E-state index contributed by atoms with van der Waals surface area (Å²) in [4.78, 5) is 6.78. The second kappa shape index (κ2) is 5.91. The van der Waals surface area contributed by atoms with Gasteiger partial charge in [0.25, 0.3) is 5.89 Å². The number of hydrogen-bond acceptors (Lipinski definition) is 5. The van der Waals surface area contributed by atoms with Gasteiger partial charge in [0.05, 0.1) is 6.54 Å². The summed E-state index contributed by atoms with van der Waals surface area (Å²) in [6, 6.07) is 5.72. The maximum absolute atomic E-state index is 6.02. The predicted molar refractivity (Wildman–Crippen MR) is 77.6 cm³/mol. The average Bonchev–Trinajstić information content (AvgIpc) is 2.91. The number of rotatable bonds is 3. The van der Waals surface area contributed by atoms with Crippen LogP contribution < -0.4 is 5.32 Å². The minimum Gasteiger partial charge on any atom is -0.334 e. The van der Waals surface area contributed by atoms with Gasteiger partial charge in [0, 0.05) is 36.8 Å². The van der Waals surface area contributed by atoms with E-state index in [2.05, 4.69) is 20.4 Å². The summed E-state index contributed by atoms with van der Waals surface area (Å²) in [6.07, 6.45) is 0. The summed E-state index contributed by atoms with van der Waals surface area (Å²) in [7, 11) is 0. The molecule has 0 atom stereocenters. The maximum atomic E-state index is 6.02. The molecule has 0 bridgehead atoms. The highest BCUT2D eigenvalue weighted by molar-refractivity contribution is 6.31. The molecular weight excluding hydrogens is 276 g/mol. The van der Waals surface area contributed by atoms with Gasteiger partial charge >= 0.3 is 0 Å². The number of hydrogen-bond donors (Lipinski definition) is 1. The van der Waals surface area contributed by atoms with Crippen molar-refractivity contribution >= 4 is 11.6 Å². The van der Waals surface area contributed by atoms with Crippen LogP contribution >= 0.6 is 11.6 Å². The molecule has 1 aliphatic rings. The first-order valence-corrected chi connectivity index (χ1v) is 7.12. The van der Waals surface area contributed by atoms with Crippen LogP contribution in [0.3, 0.4) is 0 Å². The summed E-state index contributed by atoms with van der Waals surface area (Å²) >= 11 is 6.02. The molecule has 0 radical (unpaired) electrons. The van der Waals surface area contributed by atoms with Crippen molar-refractivity contribution in [2.24, 2.45) is 0 Å². The van der Waals surface area contributed by atoms with Gasteiger partial charge in [0.2, 0.25) is 0 Å². The number of nitrogens with zero attached hydrogens (tertiary/aromatic N) is 3. The van der Waals surface area contributed by atoms with Gasteiger partial charge in [0.15, 0.2) is 5.82 Å². The molecular formula is C14H17ClN4O. The number of halogens is 1. The van der Waals surface area contributed by atoms with Crippen molar-refractivity contribution in [3.63, 3.8) is 0 Å². The Labute approximate surface area is 122 Å². The van der Waals surface area contributed by atoms with E-state index < -0.39 is 0 Å². The molecule has 5 nitrogen and oxygen atoms in total. The van der Waals surface area contributed by atoms with Crippen LogP contribution in [0.25, 0.3) is 11.5 Å². The lowest BCUT2D eigenvalue weighted by Gasteiger charge is -2.25. The first-order valence-electron chi connectivity index (χ1n) is 6.74. The average molecular weight is 293 g/mol. The fourth-order valence-electron chi connectivity index (χ4n) is 2.28. The second-order valence-electron chi connectivity index (χ2n) is 5.01. The van der Waals surface area contributed by atoms with Crippen LogP contribution in [0.4, 0.5) is 0 Å². The van der Waals surface area contributed by atoms with Gasteiger partial charge in [-0.05, 0) is 30.7 Å². The van der Waals surface area contributed by atoms with Crippen molar-refractivity contribution in [1.82, 2.24) is 20.4 Å². The molecule has 0 amide bonds. The Morgan fingerprint density at radius 2 is 2.15 bits per heavy atom. The van der Waals surface area contributed by atoms with E-state index in [0.717, 1.165) is 54.7 Å². The van der Waals surface area contributed by atoms with Crippen LogP contribution in [0.15, 0.2) is 22.7 Å². The van der Waals surface area contributed by atoms with Crippen molar-refractivity contribution in [1.29, 1.82) is 0 Å². The topological polar surface area (TPSA) is 54.2 Å². The highest BCUT2D eigenvalue weighted by Crippen LogP contribution is 2.23. The molecule has 1 N–H and O–H groups in total. The monoisotopic (exact) mass is 292 g/mol. The Morgan fingerprint density at radius 3 is 2.90 bits per heavy atom. The summed E-state index contributed by atoms with van der Waals surface area (Å²) in [6.45, 7) is 6.76. The van der Waals surface area contributed by atoms with Crippen LogP contribution in [0.2, 0.25) is 5.02 Å². The van der Waals surface area contributed by atoms with Gasteiger partial charge in [0.1, 0.15) is 0 Å². The first-order chi connectivity index (χ1) is 9.72. The minimum atomic E-state index is 0.551. The van der Waals surface area contributed by atoms with E-state index >= 15 is 0 Å². The zero-order valence-electron chi connectivity index (χ0n) is 11.4. The molecule has 1 fully saturated rings. The summed E-state index contributed by atoms with van der Waals surface area (Å²) < 4.78 is 5.34. The van der Waals surface area contributed by atoms with Crippen LogP contribution in [0, 0.1) is 6.92 Å². The molecule has 1 aromatic heterocycles.